The molecule has 1 heterocycles. The number of hydrogen-bond donors (Lipinski definition) is 1. The molecular weight excluding hydrogens is 495 g/mol. The van der Waals surface area contributed by atoms with E-state index in [4.69, 9.17) is 6.57 Å². The molecule has 37 heavy (non-hydrogen) atoms. The molecular formula is C28H27F3N3O2Si+. The number of halogens is 3. The molecule has 0 radical (unpaired) electrons. The second-order valence-corrected chi connectivity index (χ2v) is 14.4. The molecule has 0 spiro atoms. The Kier molecular flexibility index (Phi) is 6.50. The van der Waals surface area contributed by atoms with Gasteiger partial charge in [0.1, 0.15) is 39.1 Å². The zero-order valence-corrected chi connectivity index (χ0v) is 22.5. The van der Waals surface area contributed by atoms with Crippen molar-refractivity contribution in [1.82, 2.24) is 0 Å². The monoisotopic (exact) mass is 522 g/mol. The number of fused-ring (bicyclic) bond motifs is 2. The van der Waals surface area contributed by atoms with Crippen LogP contribution in [0.5, 0.6) is 0 Å². The second-order valence-electron chi connectivity index (χ2n) is 10.0. The van der Waals surface area contributed by atoms with Gasteiger partial charge in [0, 0.05) is 37.5 Å². The summed E-state index contributed by atoms with van der Waals surface area (Å²) in [7, 11) is 5.16. The Hall–Kier alpha value is -3.90. The van der Waals surface area contributed by atoms with Gasteiger partial charge in [-0.05, 0) is 45.3 Å². The van der Waals surface area contributed by atoms with Gasteiger partial charge in [0.05, 0.1) is 0 Å². The van der Waals surface area contributed by atoms with Crippen LogP contribution in [0.2, 0.25) is 13.1 Å². The van der Waals surface area contributed by atoms with Gasteiger partial charge in [-0.3, -0.25) is 0 Å². The summed E-state index contributed by atoms with van der Waals surface area (Å²) in [5.41, 5.74) is 0.764. The molecule has 190 valence electrons. The lowest BCUT2D eigenvalue weighted by molar-refractivity contribution is -0.462. The number of anilines is 1. The van der Waals surface area contributed by atoms with E-state index in [1.165, 1.54) is 0 Å². The van der Waals surface area contributed by atoms with Crippen LogP contribution >= 0.6 is 0 Å². The molecule has 0 amide bonds. The maximum atomic E-state index is 16.1. The molecule has 4 rings (SSSR count). The lowest BCUT2D eigenvalue weighted by atomic mass is 9.85. The number of rotatable bonds is 4. The number of hydrogen-bond acceptors (Lipinski definition) is 2. The van der Waals surface area contributed by atoms with Gasteiger partial charge >= 0.3 is 5.97 Å². The molecule has 0 bridgehead atoms. The number of carbonyl (C=O) groups is 1. The van der Waals surface area contributed by atoms with E-state index in [0.29, 0.717) is 11.1 Å². The summed E-state index contributed by atoms with van der Waals surface area (Å²) >= 11 is 0. The van der Waals surface area contributed by atoms with Crippen LogP contribution in [0, 0.1) is 24.0 Å². The van der Waals surface area contributed by atoms with Crippen LogP contribution in [0.3, 0.4) is 0 Å². The third-order valence-electron chi connectivity index (χ3n) is 7.04. The van der Waals surface area contributed by atoms with Crippen molar-refractivity contribution < 1.29 is 27.6 Å². The highest BCUT2D eigenvalue weighted by molar-refractivity contribution is 6.98. The summed E-state index contributed by atoms with van der Waals surface area (Å²) in [6.45, 7) is 10.7. The van der Waals surface area contributed by atoms with Crippen LogP contribution in [-0.2, 0) is 6.54 Å². The van der Waals surface area contributed by atoms with Crippen LogP contribution in [0.4, 0.5) is 18.9 Å². The van der Waals surface area contributed by atoms with Gasteiger partial charge in [0.15, 0.2) is 17.3 Å². The van der Waals surface area contributed by atoms with Crippen LogP contribution in [0.25, 0.3) is 10.4 Å². The predicted octanol–water partition coefficient (Wildman–Crippen LogP) is 4.77. The van der Waals surface area contributed by atoms with Gasteiger partial charge in [-0.1, -0.05) is 19.2 Å². The molecule has 0 unspecified atom stereocenters. The Morgan fingerprint density at radius 3 is 2.35 bits per heavy atom. The minimum absolute atomic E-state index is 0.187. The summed E-state index contributed by atoms with van der Waals surface area (Å²) in [6, 6.07) is 5.63. The standard InChI is InChI=1S/C28H26F3N3O2Si/c1-32-14-19-25(29)23(24(28(35)36)27(31)26(19)30)22-17-10-8-15(33(2)3)12-20(17)37(6,7)21-13-16(34(4)5)9-11-18(21)22/h8-13H,14H2,2-7H3/p+1. The Bertz CT molecular complexity index is 1540. The first kappa shape index (κ1) is 26.2. The van der Waals surface area contributed by atoms with Crippen molar-refractivity contribution in [1.29, 1.82) is 0 Å². The van der Waals surface area contributed by atoms with Crippen LogP contribution < -0.4 is 10.1 Å². The van der Waals surface area contributed by atoms with Gasteiger partial charge in [-0.25, -0.2) is 29.1 Å². The summed E-state index contributed by atoms with van der Waals surface area (Å²) < 4.78 is 48.0. The van der Waals surface area contributed by atoms with Crippen molar-refractivity contribution in [2.45, 2.75) is 19.6 Å². The largest absolute Gasteiger partial charge is 0.478 e. The third kappa shape index (κ3) is 4.01. The molecule has 2 aliphatic rings. The fraction of sp³-hybridized carbons (Fsp3) is 0.250. The van der Waals surface area contributed by atoms with Gasteiger partial charge in [-0.15, -0.1) is 0 Å². The average molecular weight is 523 g/mol. The van der Waals surface area contributed by atoms with Crippen molar-refractivity contribution >= 4 is 36.2 Å². The molecule has 0 fully saturated rings. The predicted molar refractivity (Wildman–Crippen MR) is 142 cm³/mol. The van der Waals surface area contributed by atoms with Gasteiger partial charge < -0.3 is 14.9 Å². The van der Waals surface area contributed by atoms with Crippen molar-refractivity contribution in [2.75, 3.05) is 33.1 Å². The highest BCUT2D eigenvalue weighted by Crippen LogP contribution is 2.44. The minimum atomic E-state index is -2.44. The summed E-state index contributed by atoms with van der Waals surface area (Å²) in [6.07, 6.45) is 5.63. The van der Waals surface area contributed by atoms with E-state index < -0.39 is 54.7 Å². The average Bonchev–Trinajstić information content (AvgIpc) is 2.84. The molecule has 2 aromatic carbocycles. The zero-order valence-electron chi connectivity index (χ0n) is 21.5. The molecule has 5 nitrogen and oxygen atoms in total. The van der Waals surface area contributed by atoms with E-state index in [1.807, 2.05) is 62.0 Å². The molecule has 0 saturated heterocycles. The molecule has 1 aliphatic carbocycles. The first-order chi connectivity index (χ1) is 17.3. The topological polar surface area (TPSA) is 47.9 Å². The lowest BCUT2D eigenvalue weighted by Gasteiger charge is -2.38. The Balaban J connectivity index is 2.25. The molecule has 0 saturated carbocycles. The SMILES string of the molecule is [C-]#[N+]Cc1c(F)c(F)c(C(=O)O)c(C2=C3C=CC(=[N+](C)C)C=C3[Si](C)(C)c3cc(N(C)C)ccc32)c1F. The summed E-state index contributed by atoms with van der Waals surface area (Å²) in [5, 5.41) is 11.8. The smallest absolute Gasteiger partial charge is 0.339 e. The maximum absolute atomic E-state index is 16.1. The van der Waals surface area contributed by atoms with E-state index in [1.54, 1.807) is 12.1 Å². The number of nitrogens with zero attached hydrogens (tertiary/aromatic N) is 3. The highest BCUT2D eigenvalue weighted by atomic mass is 28.3. The van der Waals surface area contributed by atoms with Crippen LogP contribution in [-0.4, -0.2) is 57.6 Å². The normalized spacial score (nSPS) is 15.6. The fourth-order valence-electron chi connectivity index (χ4n) is 5.01. The Labute approximate surface area is 215 Å². The van der Waals surface area contributed by atoms with Crippen molar-refractivity contribution in [2.24, 2.45) is 0 Å². The lowest BCUT2D eigenvalue weighted by Crippen LogP contribution is -2.50. The van der Waals surface area contributed by atoms with Gasteiger partial charge in [-0.2, -0.15) is 0 Å². The Morgan fingerprint density at radius 1 is 1.11 bits per heavy atom. The van der Waals surface area contributed by atoms with Crippen molar-refractivity contribution in [3.05, 3.63) is 98.3 Å². The summed E-state index contributed by atoms with van der Waals surface area (Å²) in [5.74, 6) is -6.33. The van der Waals surface area contributed by atoms with E-state index in [0.717, 1.165) is 21.8 Å². The minimum Gasteiger partial charge on any atom is -0.478 e. The van der Waals surface area contributed by atoms with E-state index >= 15 is 8.78 Å². The maximum Gasteiger partial charge on any atom is 0.339 e. The van der Waals surface area contributed by atoms with E-state index in [9.17, 15) is 14.3 Å². The summed E-state index contributed by atoms with van der Waals surface area (Å²) in [4.78, 5) is 17.2. The van der Waals surface area contributed by atoms with Gasteiger partial charge in [0.25, 0.3) is 0 Å². The van der Waals surface area contributed by atoms with Crippen LogP contribution in [0.15, 0.2) is 47.2 Å². The third-order valence-corrected chi connectivity index (χ3v) is 10.6. The number of aromatic carboxylic acids is 1. The van der Waals surface area contributed by atoms with Gasteiger partial charge in [0.2, 0.25) is 6.54 Å². The number of carboxylic acids is 1. The molecule has 0 atom stereocenters. The fourth-order valence-corrected chi connectivity index (χ4v) is 8.08. The molecule has 2 aromatic rings. The van der Waals surface area contributed by atoms with E-state index in [-0.39, 0.29) is 5.57 Å². The quantitative estimate of drug-likeness (QED) is 0.273. The van der Waals surface area contributed by atoms with E-state index in [2.05, 4.69) is 17.9 Å². The molecule has 0 aromatic heterocycles. The number of allylic oxidation sites excluding steroid dienone is 5. The number of benzene rings is 2. The van der Waals surface area contributed by atoms with Crippen molar-refractivity contribution in [3.8, 4) is 0 Å². The highest BCUT2D eigenvalue weighted by Gasteiger charge is 2.43. The van der Waals surface area contributed by atoms with Crippen LogP contribution in [0.1, 0.15) is 27.0 Å². The molecule has 1 aliphatic heterocycles. The molecule has 1 N–H and O–H groups in total. The first-order valence-electron chi connectivity index (χ1n) is 11.6. The first-order valence-corrected chi connectivity index (χ1v) is 14.6. The number of carboxylic acid groups (broad SMARTS) is 1. The van der Waals surface area contributed by atoms with Crippen molar-refractivity contribution in [3.63, 3.8) is 0 Å². The Morgan fingerprint density at radius 2 is 1.78 bits per heavy atom. The second kappa shape index (κ2) is 9.20. The molecule has 9 heteroatoms. The zero-order chi connectivity index (χ0) is 27.4.